The number of hydrogen-bond donors (Lipinski definition) is 2. The number of nitrogens with one attached hydrogen (secondary N) is 2. The van der Waals surface area contributed by atoms with Crippen LogP contribution in [-0.4, -0.2) is 16.7 Å². The molecule has 0 aliphatic heterocycles. The molecule has 3 nitrogen and oxygen atoms in total. The van der Waals surface area contributed by atoms with Gasteiger partial charge < -0.3 is 5.32 Å². The molecule has 2 N–H and O–H groups in total. The Morgan fingerprint density at radius 1 is 0.905 bits per heavy atom. The molecule has 0 aliphatic rings. The van der Waals surface area contributed by atoms with E-state index in [9.17, 15) is 0 Å². The predicted molar refractivity (Wildman–Crippen MR) is 85.9 cm³/mol. The van der Waals surface area contributed by atoms with E-state index in [1.807, 2.05) is 24.4 Å². The lowest BCUT2D eigenvalue weighted by Gasteiger charge is -2.06. The van der Waals surface area contributed by atoms with Gasteiger partial charge in [0.1, 0.15) is 0 Å². The molecule has 0 radical (unpaired) electrons. The molecule has 0 fully saturated rings. The maximum atomic E-state index is 4.17. The molecule has 3 aromatic rings. The molecule has 1 aromatic heterocycles. The molecule has 21 heavy (non-hydrogen) atoms. The van der Waals surface area contributed by atoms with Gasteiger partial charge in [-0.05, 0) is 24.1 Å². The molecule has 0 spiro atoms. The number of nitrogens with zero attached hydrogens (tertiary/aromatic N) is 1. The van der Waals surface area contributed by atoms with Crippen LogP contribution in [-0.2, 0) is 13.0 Å². The van der Waals surface area contributed by atoms with Gasteiger partial charge >= 0.3 is 0 Å². The van der Waals surface area contributed by atoms with Crippen LogP contribution in [0.2, 0.25) is 0 Å². The summed E-state index contributed by atoms with van der Waals surface area (Å²) >= 11 is 0. The van der Waals surface area contributed by atoms with Crippen molar-refractivity contribution in [1.82, 2.24) is 15.5 Å². The fraction of sp³-hybridized carbons (Fsp3) is 0.167. The fourth-order valence-corrected chi connectivity index (χ4v) is 2.40. The van der Waals surface area contributed by atoms with Gasteiger partial charge in [-0.1, -0.05) is 60.7 Å². The zero-order valence-corrected chi connectivity index (χ0v) is 11.9. The van der Waals surface area contributed by atoms with Crippen LogP contribution in [0.3, 0.4) is 0 Å². The van der Waals surface area contributed by atoms with Crippen LogP contribution in [0.5, 0.6) is 0 Å². The topological polar surface area (TPSA) is 40.7 Å². The van der Waals surface area contributed by atoms with Gasteiger partial charge in [-0.3, -0.25) is 5.10 Å². The lowest BCUT2D eigenvalue weighted by Crippen LogP contribution is -2.16. The minimum absolute atomic E-state index is 0.827. The first kappa shape index (κ1) is 13.6. The lowest BCUT2D eigenvalue weighted by atomic mass is 10.1. The summed E-state index contributed by atoms with van der Waals surface area (Å²) in [6, 6.07) is 20.8. The molecule has 0 aliphatic carbocycles. The number of aromatic amines is 1. The van der Waals surface area contributed by atoms with E-state index in [0.717, 1.165) is 25.2 Å². The zero-order chi connectivity index (χ0) is 14.3. The van der Waals surface area contributed by atoms with Crippen molar-refractivity contribution in [3.05, 3.63) is 78.0 Å². The third-order valence-corrected chi connectivity index (χ3v) is 3.53. The summed E-state index contributed by atoms with van der Waals surface area (Å²) in [7, 11) is 0. The van der Waals surface area contributed by atoms with Gasteiger partial charge in [0.15, 0.2) is 0 Å². The summed E-state index contributed by atoms with van der Waals surface area (Å²) in [6.45, 7) is 1.79. The van der Waals surface area contributed by atoms with Crippen LogP contribution >= 0.6 is 0 Å². The van der Waals surface area contributed by atoms with Crippen molar-refractivity contribution in [3.8, 4) is 11.3 Å². The Labute approximate surface area is 125 Å². The SMILES string of the molecule is c1ccc(CCNCc2cn[nH]c2-c2ccccc2)cc1. The number of H-pyrrole nitrogens is 1. The van der Waals surface area contributed by atoms with Gasteiger partial charge in [0.05, 0.1) is 11.9 Å². The molecule has 0 amide bonds. The van der Waals surface area contributed by atoms with E-state index in [-0.39, 0.29) is 0 Å². The van der Waals surface area contributed by atoms with E-state index >= 15 is 0 Å². The van der Waals surface area contributed by atoms with Crippen LogP contribution in [0.25, 0.3) is 11.3 Å². The van der Waals surface area contributed by atoms with Gasteiger partial charge in [0.25, 0.3) is 0 Å². The summed E-state index contributed by atoms with van der Waals surface area (Å²) < 4.78 is 0. The first-order chi connectivity index (χ1) is 10.4. The molecule has 1 heterocycles. The first-order valence-corrected chi connectivity index (χ1v) is 7.26. The minimum atomic E-state index is 0.827. The Bertz CT molecular complexity index is 659. The highest BCUT2D eigenvalue weighted by atomic mass is 15.1. The number of hydrogen-bond acceptors (Lipinski definition) is 2. The van der Waals surface area contributed by atoms with Gasteiger partial charge in [-0.2, -0.15) is 5.10 Å². The largest absolute Gasteiger partial charge is 0.312 e. The average molecular weight is 277 g/mol. The van der Waals surface area contributed by atoms with E-state index < -0.39 is 0 Å². The van der Waals surface area contributed by atoms with E-state index in [4.69, 9.17) is 0 Å². The average Bonchev–Trinajstić information content (AvgIpc) is 3.02. The Balaban J connectivity index is 1.56. The van der Waals surface area contributed by atoms with Crippen LogP contribution in [0.4, 0.5) is 0 Å². The van der Waals surface area contributed by atoms with Gasteiger partial charge in [-0.15, -0.1) is 0 Å². The van der Waals surface area contributed by atoms with E-state index in [1.54, 1.807) is 0 Å². The van der Waals surface area contributed by atoms with Crippen molar-refractivity contribution in [1.29, 1.82) is 0 Å². The second kappa shape index (κ2) is 6.86. The molecular formula is C18H19N3. The van der Waals surface area contributed by atoms with Crippen molar-refractivity contribution < 1.29 is 0 Å². The highest BCUT2D eigenvalue weighted by molar-refractivity contribution is 5.62. The second-order valence-electron chi connectivity index (χ2n) is 5.05. The third-order valence-electron chi connectivity index (χ3n) is 3.53. The highest BCUT2D eigenvalue weighted by Gasteiger charge is 2.06. The maximum Gasteiger partial charge on any atom is 0.0695 e. The number of aromatic nitrogens is 2. The Kier molecular flexibility index (Phi) is 4.44. The van der Waals surface area contributed by atoms with Crippen molar-refractivity contribution in [3.63, 3.8) is 0 Å². The summed E-state index contributed by atoms with van der Waals surface area (Å²) in [5, 5.41) is 10.7. The number of rotatable bonds is 6. The third kappa shape index (κ3) is 3.58. The maximum absolute atomic E-state index is 4.17. The summed E-state index contributed by atoms with van der Waals surface area (Å²) in [4.78, 5) is 0. The quantitative estimate of drug-likeness (QED) is 0.678. The van der Waals surface area contributed by atoms with E-state index in [1.165, 1.54) is 16.7 Å². The van der Waals surface area contributed by atoms with Crippen molar-refractivity contribution in [2.75, 3.05) is 6.54 Å². The first-order valence-electron chi connectivity index (χ1n) is 7.26. The Morgan fingerprint density at radius 2 is 1.62 bits per heavy atom. The Morgan fingerprint density at radius 3 is 2.38 bits per heavy atom. The molecule has 0 unspecified atom stereocenters. The Hall–Kier alpha value is -2.39. The normalized spacial score (nSPS) is 10.7. The molecule has 0 saturated heterocycles. The fourth-order valence-electron chi connectivity index (χ4n) is 2.40. The van der Waals surface area contributed by atoms with Gasteiger partial charge in [-0.25, -0.2) is 0 Å². The van der Waals surface area contributed by atoms with Crippen LogP contribution in [0, 0.1) is 0 Å². The van der Waals surface area contributed by atoms with E-state index in [0.29, 0.717) is 0 Å². The molecule has 0 atom stereocenters. The molecule has 2 aromatic carbocycles. The summed E-state index contributed by atoms with van der Waals surface area (Å²) in [5.74, 6) is 0. The lowest BCUT2D eigenvalue weighted by molar-refractivity contribution is 0.688. The standard InChI is InChI=1S/C18H19N3/c1-3-7-15(8-4-1)11-12-19-13-17-14-20-21-18(17)16-9-5-2-6-10-16/h1-10,14,19H,11-13H2,(H,20,21). The molecule has 0 saturated carbocycles. The van der Waals surface area contributed by atoms with E-state index in [2.05, 4.69) is 58.0 Å². The molecular weight excluding hydrogens is 258 g/mol. The van der Waals surface area contributed by atoms with Crippen molar-refractivity contribution in [2.45, 2.75) is 13.0 Å². The monoisotopic (exact) mass is 277 g/mol. The number of benzene rings is 2. The summed E-state index contributed by atoms with van der Waals surface area (Å²) in [6.07, 6.45) is 2.94. The van der Waals surface area contributed by atoms with Gasteiger partial charge in [0.2, 0.25) is 0 Å². The van der Waals surface area contributed by atoms with Crippen molar-refractivity contribution in [2.24, 2.45) is 0 Å². The van der Waals surface area contributed by atoms with Crippen LogP contribution in [0.1, 0.15) is 11.1 Å². The van der Waals surface area contributed by atoms with Crippen molar-refractivity contribution >= 4 is 0 Å². The minimum Gasteiger partial charge on any atom is -0.312 e. The smallest absolute Gasteiger partial charge is 0.0695 e. The molecule has 3 heteroatoms. The van der Waals surface area contributed by atoms with Crippen LogP contribution < -0.4 is 5.32 Å². The molecule has 3 rings (SSSR count). The molecule has 106 valence electrons. The zero-order valence-electron chi connectivity index (χ0n) is 11.9. The predicted octanol–water partition coefficient (Wildman–Crippen LogP) is 3.41. The highest BCUT2D eigenvalue weighted by Crippen LogP contribution is 2.20. The van der Waals surface area contributed by atoms with Crippen LogP contribution in [0.15, 0.2) is 66.9 Å². The molecule has 0 bridgehead atoms. The summed E-state index contributed by atoms with van der Waals surface area (Å²) in [5.41, 5.74) is 4.84. The second-order valence-corrected chi connectivity index (χ2v) is 5.05. The van der Waals surface area contributed by atoms with Gasteiger partial charge in [0, 0.05) is 12.1 Å².